The van der Waals surface area contributed by atoms with Gasteiger partial charge in [-0.05, 0) is 71.7 Å². The van der Waals surface area contributed by atoms with Gasteiger partial charge in [-0.3, -0.25) is 9.48 Å². The molecule has 3 atom stereocenters. The Balaban J connectivity index is 1.30. The van der Waals surface area contributed by atoms with Crippen LogP contribution in [0.3, 0.4) is 0 Å². The van der Waals surface area contributed by atoms with Gasteiger partial charge < -0.3 is 9.84 Å². The van der Waals surface area contributed by atoms with Crippen molar-refractivity contribution in [3.63, 3.8) is 0 Å². The summed E-state index contributed by atoms with van der Waals surface area (Å²) in [6.45, 7) is 0. The van der Waals surface area contributed by atoms with E-state index in [4.69, 9.17) is 9.84 Å². The Bertz CT molecular complexity index is 1390. The van der Waals surface area contributed by atoms with Gasteiger partial charge in [-0.2, -0.15) is 5.10 Å². The molecule has 1 saturated carbocycles. The Morgan fingerprint density at radius 1 is 1.12 bits per heavy atom. The molecule has 6 rings (SSSR count). The zero-order valence-electron chi connectivity index (χ0n) is 18.2. The Labute approximate surface area is 190 Å². The van der Waals surface area contributed by atoms with Gasteiger partial charge in [0.2, 0.25) is 0 Å². The molecule has 0 bridgehead atoms. The SMILES string of the molecule is Cn1ncc2c(-c3ccc(F)c4c3CC[C@H]4Oc3ccc(C4CC4C(=O)O)cc3)cccc21. The van der Waals surface area contributed by atoms with Gasteiger partial charge in [0.05, 0.1) is 17.6 Å². The second kappa shape index (κ2) is 7.44. The number of fused-ring (bicyclic) bond motifs is 2. The smallest absolute Gasteiger partial charge is 0.307 e. The number of halogens is 1. The van der Waals surface area contributed by atoms with Crippen LogP contribution < -0.4 is 4.74 Å². The van der Waals surface area contributed by atoms with Gasteiger partial charge in [0.25, 0.3) is 0 Å². The summed E-state index contributed by atoms with van der Waals surface area (Å²) in [6.07, 6.45) is 3.64. The molecule has 1 heterocycles. The minimum Gasteiger partial charge on any atom is -0.486 e. The largest absolute Gasteiger partial charge is 0.486 e. The normalized spacial score (nSPS) is 21.2. The lowest BCUT2D eigenvalue weighted by Crippen LogP contribution is -2.06. The molecule has 0 saturated heterocycles. The van der Waals surface area contributed by atoms with Crippen LogP contribution in [0.1, 0.15) is 41.6 Å². The molecule has 166 valence electrons. The highest BCUT2D eigenvalue weighted by Crippen LogP contribution is 2.48. The molecule has 1 fully saturated rings. The second-order valence-electron chi connectivity index (χ2n) is 8.99. The Morgan fingerprint density at radius 2 is 1.94 bits per heavy atom. The zero-order valence-corrected chi connectivity index (χ0v) is 18.2. The highest BCUT2D eigenvalue weighted by Gasteiger charge is 2.44. The van der Waals surface area contributed by atoms with Crippen molar-refractivity contribution in [1.82, 2.24) is 9.78 Å². The van der Waals surface area contributed by atoms with Gasteiger partial charge in [0, 0.05) is 18.0 Å². The molecular weight excluding hydrogens is 419 g/mol. The Kier molecular flexibility index (Phi) is 4.50. The first kappa shape index (κ1) is 20.0. The number of carboxylic acids is 1. The van der Waals surface area contributed by atoms with Crippen molar-refractivity contribution in [2.75, 3.05) is 0 Å². The number of ether oxygens (including phenoxy) is 1. The van der Waals surface area contributed by atoms with Crippen molar-refractivity contribution >= 4 is 16.9 Å². The summed E-state index contributed by atoms with van der Waals surface area (Å²) in [6, 6.07) is 17.1. The molecular formula is C27H23FN2O3. The summed E-state index contributed by atoms with van der Waals surface area (Å²) >= 11 is 0. The number of carboxylic acid groups (broad SMARTS) is 1. The molecule has 5 nitrogen and oxygen atoms in total. The maximum Gasteiger partial charge on any atom is 0.307 e. The van der Waals surface area contributed by atoms with Gasteiger partial charge >= 0.3 is 5.97 Å². The van der Waals surface area contributed by atoms with Crippen molar-refractivity contribution in [3.8, 4) is 16.9 Å². The lowest BCUT2D eigenvalue weighted by Gasteiger charge is -2.17. The van der Waals surface area contributed by atoms with Crippen molar-refractivity contribution < 1.29 is 19.0 Å². The summed E-state index contributed by atoms with van der Waals surface area (Å²) in [7, 11) is 1.92. The van der Waals surface area contributed by atoms with E-state index in [0.29, 0.717) is 24.2 Å². The fourth-order valence-corrected chi connectivity index (χ4v) is 5.25. The molecule has 2 unspecified atom stereocenters. The number of aromatic nitrogens is 2. The summed E-state index contributed by atoms with van der Waals surface area (Å²) in [5.41, 5.74) is 5.76. The van der Waals surface area contributed by atoms with Gasteiger partial charge in [0.15, 0.2) is 0 Å². The van der Waals surface area contributed by atoms with E-state index in [1.54, 1.807) is 0 Å². The number of rotatable bonds is 5. The van der Waals surface area contributed by atoms with Crippen molar-refractivity contribution in [3.05, 3.63) is 83.3 Å². The van der Waals surface area contributed by atoms with E-state index in [0.717, 1.165) is 39.6 Å². The summed E-state index contributed by atoms with van der Waals surface area (Å²) in [5, 5.41) is 14.6. The third-order valence-electron chi connectivity index (χ3n) is 7.06. The van der Waals surface area contributed by atoms with Crippen molar-refractivity contribution in [2.24, 2.45) is 13.0 Å². The fourth-order valence-electron chi connectivity index (χ4n) is 5.25. The van der Waals surface area contributed by atoms with Crippen LogP contribution in [0.2, 0.25) is 0 Å². The molecule has 33 heavy (non-hydrogen) atoms. The molecule has 0 radical (unpaired) electrons. The molecule has 6 heteroatoms. The predicted octanol–water partition coefficient (Wildman–Crippen LogP) is 5.63. The number of nitrogens with zero attached hydrogens (tertiary/aromatic N) is 2. The molecule has 1 aromatic heterocycles. The van der Waals surface area contributed by atoms with Crippen LogP contribution in [0.4, 0.5) is 4.39 Å². The van der Waals surface area contributed by atoms with Crippen LogP contribution in [0.25, 0.3) is 22.0 Å². The van der Waals surface area contributed by atoms with Crippen LogP contribution in [0.15, 0.2) is 60.8 Å². The lowest BCUT2D eigenvalue weighted by atomic mass is 9.94. The van der Waals surface area contributed by atoms with Gasteiger partial charge in [-0.15, -0.1) is 0 Å². The molecule has 0 spiro atoms. The number of aryl methyl sites for hydroxylation is 1. The van der Waals surface area contributed by atoms with Crippen LogP contribution >= 0.6 is 0 Å². The van der Waals surface area contributed by atoms with Crippen molar-refractivity contribution in [2.45, 2.75) is 31.3 Å². The molecule has 2 aliphatic rings. The average molecular weight is 442 g/mol. The summed E-state index contributed by atoms with van der Waals surface area (Å²) in [4.78, 5) is 11.1. The third kappa shape index (κ3) is 3.28. The highest BCUT2D eigenvalue weighted by atomic mass is 19.1. The average Bonchev–Trinajstić information content (AvgIpc) is 3.39. The standard InChI is InChI=1S/C27H23FN2O3/c1-30-24-4-2-3-17(22(24)14-29-30)18-9-11-23(28)26-19(18)10-12-25(26)33-16-7-5-15(6-8-16)20-13-21(20)27(31)32/h2-9,11,14,20-21,25H,10,12-13H2,1H3,(H,31,32)/t20?,21?,25-/m1/s1. The summed E-state index contributed by atoms with van der Waals surface area (Å²) in [5.74, 6) is -0.512. The van der Waals surface area contributed by atoms with E-state index in [2.05, 4.69) is 11.2 Å². The monoisotopic (exact) mass is 442 g/mol. The first-order chi connectivity index (χ1) is 16.0. The minimum atomic E-state index is -0.740. The molecule has 1 N–H and O–H groups in total. The van der Waals surface area contributed by atoms with E-state index in [-0.39, 0.29) is 23.8 Å². The lowest BCUT2D eigenvalue weighted by molar-refractivity contribution is -0.138. The first-order valence-corrected chi connectivity index (χ1v) is 11.2. The van der Waals surface area contributed by atoms with Gasteiger partial charge in [-0.25, -0.2) is 4.39 Å². The van der Waals surface area contributed by atoms with Crippen LogP contribution in [0, 0.1) is 11.7 Å². The van der Waals surface area contributed by atoms with E-state index in [1.165, 1.54) is 6.07 Å². The maximum atomic E-state index is 15.0. The topological polar surface area (TPSA) is 64.4 Å². The molecule has 2 aliphatic carbocycles. The Hall–Kier alpha value is -3.67. The Morgan fingerprint density at radius 3 is 2.70 bits per heavy atom. The zero-order chi connectivity index (χ0) is 22.7. The van der Waals surface area contributed by atoms with Crippen LogP contribution in [0.5, 0.6) is 5.75 Å². The molecule has 0 aliphatic heterocycles. The van der Waals surface area contributed by atoms with E-state index >= 15 is 4.39 Å². The molecule has 4 aromatic rings. The highest BCUT2D eigenvalue weighted by molar-refractivity contribution is 5.95. The van der Waals surface area contributed by atoms with E-state index in [1.807, 2.05) is 60.4 Å². The van der Waals surface area contributed by atoms with E-state index < -0.39 is 5.97 Å². The molecule has 0 amide bonds. The predicted molar refractivity (Wildman–Crippen MR) is 123 cm³/mol. The minimum absolute atomic E-state index is 0.0824. The summed E-state index contributed by atoms with van der Waals surface area (Å²) < 4.78 is 23.1. The van der Waals surface area contributed by atoms with E-state index in [9.17, 15) is 4.79 Å². The third-order valence-corrected chi connectivity index (χ3v) is 7.06. The van der Waals surface area contributed by atoms with Crippen LogP contribution in [-0.4, -0.2) is 20.9 Å². The number of aliphatic carboxylic acids is 1. The quantitative estimate of drug-likeness (QED) is 0.435. The molecule has 3 aromatic carbocycles. The fraction of sp³-hybridized carbons (Fsp3) is 0.259. The van der Waals surface area contributed by atoms with Gasteiger partial charge in [-0.1, -0.05) is 30.3 Å². The first-order valence-electron chi connectivity index (χ1n) is 11.2. The number of hydrogen-bond acceptors (Lipinski definition) is 3. The second-order valence-corrected chi connectivity index (χ2v) is 8.99. The number of hydrogen-bond donors (Lipinski definition) is 1. The van der Waals surface area contributed by atoms with Gasteiger partial charge in [0.1, 0.15) is 17.7 Å². The number of benzene rings is 3. The number of carbonyl (C=O) groups is 1. The van der Waals surface area contributed by atoms with Crippen molar-refractivity contribution in [1.29, 1.82) is 0 Å². The maximum absolute atomic E-state index is 15.0. The van der Waals surface area contributed by atoms with Crippen LogP contribution in [-0.2, 0) is 18.3 Å².